The Morgan fingerprint density at radius 2 is 1.39 bits per heavy atom. The summed E-state index contributed by atoms with van der Waals surface area (Å²) in [6.45, 7) is 20.7. The van der Waals surface area contributed by atoms with E-state index in [-0.39, 0.29) is 84.7 Å². The van der Waals surface area contributed by atoms with Crippen molar-refractivity contribution in [3.05, 3.63) is 65.7 Å². The fourth-order valence-corrected chi connectivity index (χ4v) is 10.1. The van der Waals surface area contributed by atoms with Crippen LogP contribution in [0.1, 0.15) is 132 Å². The van der Waals surface area contributed by atoms with Gasteiger partial charge in [0, 0.05) is 65.2 Å². The van der Waals surface area contributed by atoms with Crippen molar-refractivity contribution in [2.75, 3.05) is 40.2 Å². The normalized spacial score (nSPS) is 18.3. The summed E-state index contributed by atoms with van der Waals surface area (Å²) in [5.74, 6) is -4.26. The molecule has 1 saturated heterocycles. The third kappa shape index (κ3) is 17.2. The lowest BCUT2D eigenvalue weighted by Gasteiger charge is -2.41. The van der Waals surface area contributed by atoms with Crippen LogP contribution in [0.3, 0.4) is 0 Å². The molecule has 0 aromatic heterocycles. The summed E-state index contributed by atoms with van der Waals surface area (Å²) in [4.78, 5) is 101. The first-order chi connectivity index (χ1) is 34.8. The summed E-state index contributed by atoms with van der Waals surface area (Å²) in [5.41, 5.74) is 7.80. The summed E-state index contributed by atoms with van der Waals surface area (Å²) in [6, 6.07) is 12.8. The van der Waals surface area contributed by atoms with E-state index in [9.17, 15) is 38.7 Å². The van der Waals surface area contributed by atoms with Gasteiger partial charge in [-0.3, -0.25) is 28.8 Å². The first kappa shape index (κ1) is 63.1. The minimum atomic E-state index is -0.914. The van der Waals surface area contributed by atoms with Gasteiger partial charge in [0.1, 0.15) is 6.61 Å². The molecular weight excluding hydrogens is 945 g/mol. The lowest BCUT2D eigenvalue weighted by molar-refractivity contribution is -0.149. The number of anilines is 1. The van der Waals surface area contributed by atoms with Crippen molar-refractivity contribution in [3.63, 3.8) is 0 Å². The minimum absolute atomic E-state index is 0.0295. The molecule has 1 heterocycles. The number of rotatable bonds is 29. The fourth-order valence-electron chi connectivity index (χ4n) is 10.1. The lowest BCUT2D eigenvalue weighted by atomic mass is 9.83. The van der Waals surface area contributed by atoms with Gasteiger partial charge >= 0.3 is 6.09 Å². The highest BCUT2D eigenvalue weighted by atomic mass is 16.6. The third-order valence-corrected chi connectivity index (χ3v) is 15.1. The minimum Gasteiger partial charge on any atom is -0.445 e. The van der Waals surface area contributed by atoms with Crippen molar-refractivity contribution in [2.24, 2.45) is 47.2 Å². The highest BCUT2D eigenvalue weighted by Crippen LogP contribution is 2.32. The summed E-state index contributed by atoms with van der Waals surface area (Å²) in [6.07, 6.45) is -1.11. The van der Waals surface area contributed by atoms with E-state index in [0.717, 1.165) is 0 Å². The summed E-state index contributed by atoms with van der Waals surface area (Å²) in [7, 11) is 6.27. The molecular formula is C57H90N6O11. The lowest BCUT2D eigenvalue weighted by Crippen LogP contribution is -2.55. The number of nitrogens with one attached hydrogen (secondary N) is 2. The molecule has 0 unspecified atom stereocenters. The molecule has 5 amide bonds. The number of Topliss-reactive ketones (excluding diaryl/α,β-unsaturated/α-hetero) is 2. The van der Waals surface area contributed by atoms with Crippen molar-refractivity contribution in [1.82, 2.24) is 20.0 Å². The molecule has 0 radical (unpaired) electrons. The van der Waals surface area contributed by atoms with E-state index in [0.29, 0.717) is 42.6 Å². The van der Waals surface area contributed by atoms with Crippen molar-refractivity contribution in [3.8, 4) is 0 Å². The van der Waals surface area contributed by atoms with Gasteiger partial charge < -0.3 is 50.4 Å². The standard InChI is InChI=1S/C57H90N6O11/c1-16-36(8)51(47(72-14)31-48(66)63-28-20-23-44(63)53(73-15)38(10)55(69)59-39(11)52(67)41-21-18-17-19-22-41)61(12)56(70)43(33(2)3)30-46(65)50(35(6)7)62(13)57(71)74-32-40-24-26-42(27-25-40)60-54(68)37(9)29-45(64)49(58)34(4)5/h17-19,21-22,24-27,33-39,43-44,47,49-53,67H,16,20,23,28-32,58H2,1-15H3,(H,59,69)(H,60,68)/t36-,37+,38+,39+,43-,44-,47+,49-,50-,51-,52+,53+/m0/s1. The largest absolute Gasteiger partial charge is 0.445 e. The number of nitrogens with two attached hydrogens (primary N) is 1. The molecule has 12 atom stereocenters. The number of ether oxygens (including phenoxy) is 3. The van der Waals surface area contributed by atoms with Crippen LogP contribution in [-0.4, -0.2) is 138 Å². The molecule has 1 fully saturated rings. The van der Waals surface area contributed by atoms with Gasteiger partial charge in [-0.05, 0) is 66.7 Å². The van der Waals surface area contributed by atoms with Crippen molar-refractivity contribution in [1.29, 1.82) is 0 Å². The van der Waals surface area contributed by atoms with Crippen LogP contribution in [0, 0.1) is 41.4 Å². The number of ketones is 2. The molecule has 74 heavy (non-hydrogen) atoms. The molecule has 3 rings (SSSR count). The van der Waals surface area contributed by atoms with Crippen LogP contribution < -0.4 is 16.4 Å². The van der Waals surface area contributed by atoms with Crippen LogP contribution in [0.15, 0.2) is 54.6 Å². The van der Waals surface area contributed by atoms with Gasteiger partial charge in [0.05, 0.1) is 60.9 Å². The van der Waals surface area contributed by atoms with Gasteiger partial charge in [-0.1, -0.05) is 118 Å². The average molecular weight is 1040 g/mol. The highest BCUT2D eigenvalue weighted by Gasteiger charge is 2.44. The van der Waals surface area contributed by atoms with Gasteiger partial charge in [-0.15, -0.1) is 0 Å². The molecule has 0 aliphatic carbocycles. The predicted molar refractivity (Wildman–Crippen MR) is 286 cm³/mol. The van der Waals surface area contributed by atoms with E-state index in [4.69, 9.17) is 19.9 Å². The van der Waals surface area contributed by atoms with Crippen LogP contribution in [0.25, 0.3) is 0 Å². The molecule has 5 N–H and O–H groups in total. The van der Waals surface area contributed by atoms with Crippen LogP contribution in [-0.2, 0) is 49.6 Å². The molecule has 1 aliphatic rings. The molecule has 0 spiro atoms. The van der Waals surface area contributed by atoms with Gasteiger partial charge in [-0.2, -0.15) is 0 Å². The fraction of sp³-hybridized carbons (Fsp3) is 0.667. The Bertz CT molecular complexity index is 2140. The number of nitrogens with zero attached hydrogens (tertiary/aromatic N) is 3. The van der Waals surface area contributed by atoms with Crippen LogP contribution in [0.4, 0.5) is 10.5 Å². The maximum atomic E-state index is 14.7. The molecule has 2 aromatic rings. The van der Waals surface area contributed by atoms with Crippen LogP contribution >= 0.6 is 0 Å². The summed E-state index contributed by atoms with van der Waals surface area (Å²) >= 11 is 0. The Kier molecular flexibility index (Phi) is 25.4. The molecule has 17 heteroatoms. The highest BCUT2D eigenvalue weighted by molar-refractivity contribution is 5.96. The number of carbonyl (C=O) groups is 7. The summed E-state index contributed by atoms with van der Waals surface area (Å²) < 4.78 is 17.7. The maximum absolute atomic E-state index is 14.7. The number of aliphatic hydroxyl groups is 1. The first-order valence-corrected chi connectivity index (χ1v) is 26.6. The van der Waals surface area contributed by atoms with Gasteiger partial charge in [-0.25, -0.2) is 4.79 Å². The number of hydrogen-bond donors (Lipinski definition) is 4. The number of benzene rings is 2. The molecule has 2 aromatic carbocycles. The Morgan fingerprint density at radius 1 is 0.770 bits per heavy atom. The third-order valence-electron chi connectivity index (χ3n) is 15.1. The van der Waals surface area contributed by atoms with Crippen LogP contribution in [0.2, 0.25) is 0 Å². The van der Waals surface area contributed by atoms with Gasteiger partial charge in [0.25, 0.3) is 0 Å². The SMILES string of the molecule is CC[C@H](C)[C@@H]([C@@H](CC(=O)N1CCC[C@H]1[C@H](OC)[C@@H](C)C(=O)N[C@H](C)[C@@H](O)c1ccccc1)OC)N(C)C(=O)[C@@H](CC(=O)[C@H](C(C)C)N(C)C(=O)OCc1ccc(NC(=O)[C@H](C)CC(=O)[C@@H](N)C(C)C)cc1)C(C)C. The molecule has 17 nitrogen and oxygen atoms in total. The molecule has 1 aliphatic heterocycles. The zero-order valence-electron chi connectivity index (χ0n) is 47.0. The second-order valence-electron chi connectivity index (χ2n) is 21.6. The van der Waals surface area contributed by atoms with E-state index in [1.54, 1.807) is 74.0 Å². The Balaban J connectivity index is 1.69. The monoisotopic (exact) mass is 1030 g/mol. The Morgan fingerprint density at radius 3 is 1.93 bits per heavy atom. The zero-order chi connectivity index (χ0) is 55.7. The quantitative estimate of drug-likeness (QED) is 0.0635. The Labute approximate surface area is 441 Å². The average Bonchev–Trinajstić information content (AvgIpc) is 3.86. The number of amides is 5. The van der Waals surface area contributed by atoms with E-state index >= 15 is 0 Å². The number of likely N-dealkylation sites (tertiary alicyclic amines) is 1. The second kappa shape index (κ2) is 29.8. The second-order valence-corrected chi connectivity index (χ2v) is 21.6. The van der Waals surface area contributed by atoms with Gasteiger partial charge in [0.15, 0.2) is 11.6 Å². The predicted octanol–water partition coefficient (Wildman–Crippen LogP) is 7.19. The number of aliphatic hydroxyl groups excluding tert-OH is 1. The van der Waals surface area contributed by atoms with Crippen molar-refractivity contribution >= 4 is 47.0 Å². The molecule has 0 bridgehead atoms. The number of hydrogen-bond acceptors (Lipinski definition) is 12. The van der Waals surface area contributed by atoms with Crippen molar-refractivity contribution < 1.29 is 52.9 Å². The summed E-state index contributed by atoms with van der Waals surface area (Å²) in [5, 5.41) is 16.7. The number of carbonyl (C=O) groups excluding carboxylic acids is 7. The van der Waals surface area contributed by atoms with E-state index in [1.807, 2.05) is 73.6 Å². The topological polar surface area (TPSA) is 227 Å². The molecule has 414 valence electrons. The van der Waals surface area contributed by atoms with Gasteiger partial charge in [0.2, 0.25) is 23.6 Å². The smallest absolute Gasteiger partial charge is 0.410 e. The first-order valence-electron chi connectivity index (χ1n) is 26.6. The zero-order valence-corrected chi connectivity index (χ0v) is 47.0. The van der Waals surface area contributed by atoms with E-state index in [2.05, 4.69) is 10.6 Å². The molecule has 0 saturated carbocycles. The van der Waals surface area contributed by atoms with Crippen LogP contribution in [0.5, 0.6) is 0 Å². The Hall–Kier alpha value is -5.23. The van der Waals surface area contributed by atoms with E-state index in [1.165, 1.54) is 26.2 Å². The maximum Gasteiger partial charge on any atom is 0.410 e. The number of likely N-dealkylation sites (N-methyl/N-ethyl adjacent to an activating group) is 2. The van der Waals surface area contributed by atoms with Crippen molar-refractivity contribution in [2.45, 2.75) is 170 Å². The number of methoxy groups -OCH3 is 2. The van der Waals surface area contributed by atoms with E-state index < -0.39 is 72.4 Å².